The maximum atomic E-state index is 13.4. The number of rotatable bonds is 8. The van der Waals surface area contributed by atoms with Crippen molar-refractivity contribution < 1.29 is 23.8 Å². The van der Waals surface area contributed by atoms with Gasteiger partial charge in [-0.05, 0) is 29.6 Å². The lowest BCUT2D eigenvalue weighted by molar-refractivity contribution is -0.137. The van der Waals surface area contributed by atoms with Crippen LogP contribution in [0, 0.1) is 0 Å². The number of carbonyl (C=O) groups excluding carboxylic acids is 2. The molecule has 0 saturated carbocycles. The van der Waals surface area contributed by atoms with Crippen molar-refractivity contribution in [2.24, 2.45) is 0 Å². The van der Waals surface area contributed by atoms with Crippen LogP contribution in [0.3, 0.4) is 0 Å². The number of ether oxygens (including phenoxy) is 3. The number of anilines is 1. The van der Waals surface area contributed by atoms with Crippen LogP contribution in [-0.2, 0) is 16.1 Å². The summed E-state index contributed by atoms with van der Waals surface area (Å²) in [6.45, 7) is 0.0987. The van der Waals surface area contributed by atoms with Crippen molar-refractivity contribution in [3.8, 4) is 17.2 Å². The number of nitrogens with one attached hydrogen (secondary N) is 1. The molecule has 2 amide bonds. The Bertz CT molecular complexity index is 1190. The highest BCUT2D eigenvalue weighted by Gasteiger charge is 2.40. The molecule has 0 fully saturated rings. The van der Waals surface area contributed by atoms with E-state index < -0.39 is 5.91 Å². The molecule has 1 aliphatic rings. The van der Waals surface area contributed by atoms with Gasteiger partial charge in [0.1, 0.15) is 22.9 Å². The van der Waals surface area contributed by atoms with Gasteiger partial charge in [-0.2, -0.15) is 0 Å². The second-order valence-corrected chi connectivity index (χ2v) is 7.87. The van der Waals surface area contributed by atoms with E-state index in [2.05, 4.69) is 5.32 Å². The smallest absolute Gasteiger partial charge is 0.278 e. The number of carbonyl (C=O) groups is 2. The molecule has 8 heteroatoms. The predicted molar refractivity (Wildman–Crippen MR) is 123 cm³/mol. The quantitative estimate of drug-likeness (QED) is 0.519. The van der Waals surface area contributed by atoms with Crippen LogP contribution in [0.2, 0.25) is 0 Å². The van der Waals surface area contributed by atoms with Crippen molar-refractivity contribution in [3.63, 3.8) is 0 Å². The lowest BCUT2D eigenvalue weighted by atomic mass is 10.1. The summed E-state index contributed by atoms with van der Waals surface area (Å²) in [4.78, 5) is 28.8. The van der Waals surface area contributed by atoms with Crippen LogP contribution in [0.1, 0.15) is 10.4 Å². The van der Waals surface area contributed by atoms with Gasteiger partial charge in [0.05, 0.1) is 39.1 Å². The third kappa shape index (κ3) is 3.92. The molecule has 0 atom stereocenters. The molecule has 7 nitrogen and oxygen atoms in total. The number of thiophene rings is 1. The molecule has 0 unspecified atom stereocenters. The summed E-state index contributed by atoms with van der Waals surface area (Å²) >= 11 is 1.40. The molecule has 0 bridgehead atoms. The number of amides is 2. The van der Waals surface area contributed by atoms with Gasteiger partial charge in [-0.1, -0.05) is 24.3 Å². The summed E-state index contributed by atoms with van der Waals surface area (Å²) in [5, 5.41) is 5.01. The van der Waals surface area contributed by atoms with E-state index in [0.29, 0.717) is 33.4 Å². The van der Waals surface area contributed by atoms with Crippen molar-refractivity contribution in [3.05, 3.63) is 76.1 Å². The van der Waals surface area contributed by atoms with Crippen molar-refractivity contribution >= 4 is 34.4 Å². The third-order valence-electron chi connectivity index (χ3n) is 5.12. The minimum atomic E-state index is -0.415. The molecule has 3 aromatic rings. The van der Waals surface area contributed by atoms with Crippen LogP contribution in [0.25, 0.3) is 5.57 Å². The third-order valence-corrected chi connectivity index (χ3v) is 6.01. The van der Waals surface area contributed by atoms with Gasteiger partial charge in [-0.15, -0.1) is 11.3 Å². The Hall–Kier alpha value is -3.78. The molecule has 1 aliphatic heterocycles. The van der Waals surface area contributed by atoms with E-state index in [1.54, 1.807) is 38.5 Å². The molecule has 0 spiro atoms. The number of hydrogen-bond donors (Lipinski definition) is 1. The SMILES string of the molecule is COc1ccc(NC2=C(c3cccs3)C(=O)N(Cc3ccccc3OC)C2=O)c(OC)c1. The van der Waals surface area contributed by atoms with Crippen LogP contribution in [0.4, 0.5) is 5.69 Å². The molecular formula is C24H22N2O5S. The second-order valence-electron chi connectivity index (χ2n) is 6.93. The summed E-state index contributed by atoms with van der Waals surface area (Å²) in [6, 6.07) is 16.2. The Kier molecular flexibility index (Phi) is 6.13. The summed E-state index contributed by atoms with van der Waals surface area (Å²) in [7, 11) is 4.66. The lowest BCUT2D eigenvalue weighted by Crippen LogP contribution is -2.32. The van der Waals surface area contributed by atoms with Gasteiger partial charge in [0.2, 0.25) is 0 Å². The minimum Gasteiger partial charge on any atom is -0.497 e. The van der Waals surface area contributed by atoms with Crippen molar-refractivity contribution in [1.29, 1.82) is 0 Å². The fourth-order valence-corrected chi connectivity index (χ4v) is 4.29. The van der Waals surface area contributed by atoms with Crippen molar-refractivity contribution in [2.75, 3.05) is 26.6 Å². The number of nitrogens with zero attached hydrogens (tertiary/aromatic N) is 1. The molecule has 1 N–H and O–H groups in total. The Balaban J connectivity index is 1.73. The van der Waals surface area contributed by atoms with Gasteiger partial charge in [0.15, 0.2) is 0 Å². The van der Waals surface area contributed by atoms with Gasteiger partial charge >= 0.3 is 0 Å². The topological polar surface area (TPSA) is 77.1 Å². The first-order chi connectivity index (χ1) is 15.6. The Labute approximate surface area is 189 Å². The molecule has 164 valence electrons. The molecule has 32 heavy (non-hydrogen) atoms. The first-order valence-electron chi connectivity index (χ1n) is 9.82. The number of methoxy groups -OCH3 is 3. The van der Waals surface area contributed by atoms with E-state index in [-0.39, 0.29) is 18.1 Å². The van der Waals surface area contributed by atoms with E-state index in [0.717, 1.165) is 5.56 Å². The maximum Gasteiger partial charge on any atom is 0.278 e. The largest absolute Gasteiger partial charge is 0.497 e. The number of benzene rings is 2. The monoisotopic (exact) mass is 450 g/mol. The lowest BCUT2D eigenvalue weighted by Gasteiger charge is -2.17. The average molecular weight is 451 g/mol. The van der Waals surface area contributed by atoms with Gasteiger partial charge in [-0.3, -0.25) is 14.5 Å². The van der Waals surface area contributed by atoms with Crippen LogP contribution >= 0.6 is 11.3 Å². The number of hydrogen-bond acceptors (Lipinski definition) is 7. The van der Waals surface area contributed by atoms with E-state index in [9.17, 15) is 9.59 Å². The van der Waals surface area contributed by atoms with E-state index >= 15 is 0 Å². The molecule has 0 saturated heterocycles. The Morgan fingerprint density at radius 1 is 0.875 bits per heavy atom. The zero-order chi connectivity index (χ0) is 22.7. The molecule has 4 rings (SSSR count). The fraction of sp³-hybridized carbons (Fsp3) is 0.167. The standard InChI is InChI=1S/C24H22N2O5S/c1-29-16-10-11-17(19(13-16)31-3)25-22-21(20-9-6-12-32-20)23(27)26(24(22)28)14-15-7-4-5-8-18(15)30-2/h4-13,25H,14H2,1-3H3. The van der Waals surface area contributed by atoms with Crippen molar-refractivity contribution in [1.82, 2.24) is 4.90 Å². The van der Waals surface area contributed by atoms with E-state index in [4.69, 9.17) is 14.2 Å². The molecule has 2 heterocycles. The van der Waals surface area contributed by atoms with E-state index in [1.807, 2.05) is 35.7 Å². The first-order valence-corrected chi connectivity index (χ1v) is 10.7. The van der Waals surface area contributed by atoms with Gasteiger partial charge in [0, 0.05) is 16.5 Å². The molecule has 0 aliphatic carbocycles. The summed E-state index contributed by atoms with van der Waals surface area (Å²) in [5.41, 5.74) is 1.83. The van der Waals surface area contributed by atoms with E-state index in [1.165, 1.54) is 23.3 Å². The summed E-state index contributed by atoms with van der Waals surface area (Å²) < 4.78 is 16.1. The Morgan fingerprint density at radius 3 is 2.34 bits per heavy atom. The molecule has 1 aromatic heterocycles. The second kappa shape index (κ2) is 9.15. The van der Waals surface area contributed by atoms with Gasteiger partial charge in [0.25, 0.3) is 11.8 Å². The van der Waals surface area contributed by atoms with Crippen LogP contribution < -0.4 is 19.5 Å². The van der Waals surface area contributed by atoms with Crippen molar-refractivity contribution in [2.45, 2.75) is 6.54 Å². The number of para-hydroxylation sites is 1. The minimum absolute atomic E-state index is 0.0987. The zero-order valence-corrected chi connectivity index (χ0v) is 18.7. The fourth-order valence-electron chi connectivity index (χ4n) is 3.53. The first kappa shape index (κ1) is 21.5. The average Bonchev–Trinajstić information content (AvgIpc) is 3.42. The highest BCUT2D eigenvalue weighted by Crippen LogP contribution is 2.37. The maximum absolute atomic E-state index is 13.4. The Morgan fingerprint density at radius 2 is 1.66 bits per heavy atom. The summed E-state index contributed by atoms with van der Waals surface area (Å²) in [6.07, 6.45) is 0. The highest BCUT2D eigenvalue weighted by atomic mass is 32.1. The highest BCUT2D eigenvalue weighted by molar-refractivity contribution is 7.11. The van der Waals surface area contributed by atoms with Crippen LogP contribution in [0.5, 0.6) is 17.2 Å². The predicted octanol–water partition coefficient (Wildman–Crippen LogP) is 4.17. The summed E-state index contributed by atoms with van der Waals surface area (Å²) in [5.74, 6) is 0.946. The normalized spacial score (nSPS) is 13.5. The molecular weight excluding hydrogens is 428 g/mol. The van der Waals surface area contributed by atoms with Gasteiger partial charge < -0.3 is 19.5 Å². The zero-order valence-electron chi connectivity index (χ0n) is 17.9. The van der Waals surface area contributed by atoms with Crippen LogP contribution in [0.15, 0.2) is 65.7 Å². The molecule has 0 radical (unpaired) electrons. The number of imide groups is 1. The van der Waals surface area contributed by atoms with Gasteiger partial charge in [-0.25, -0.2) is 0 Å². The molecule has 2 aromatic carbocycles. The van der Waals surface area contributed by atoms with Crippen LogP contribution in [-0.4, -0.2) is 38.0 Å².